The largest absolute Gasteiger partial charge is 4.00 e. The van der Waals surface area contributed by atoms with Crippen LogP contribution in [-0.2, 0) is 26.2 Å². The molecule has 0 aromatic carbocycles. The van der Waals surface area contributed by atoms with Gasteiger partial charge in [0.2, 0.25) is 0 Å². The molecule has 0 spiro atoms. The summed E-state index contributed by atoms with van der Waals surface area (Å²) in [4.78, 5) is 0. The van der Waals surface area contributed by atoms with Crippen molar-refractivity contribution in [3.63, 3.8) is 0 Å². The molecule has 15 heavy (non-hydrogen) atoms. The van der Waals surface area contributed by atoms with E-state index in [0.717, 1.165) is 7.96 Å². The third-order valence-electron chi connectivity index (χ3n) is 1.47. The number of allylic oxidation sites excluding steroid dienone is 4. The zero-order valence-electron chi connectivity index (χ0n) is 7.44. The predicted octanol–water partition coefficient (Wildman–Crippen LogP) is -4.42. The summed E-state index contributed by atoms with van der Waals surface area (Å²) in [6.45, 7) is 0. The van der Waals surface area contributed by atoms with Crippen LogP contribution in [0.3, 0.4) is 0 Å². The van der Waals surface area contributed by atoms with Gasteiger partial charge in [-0.3, -0.25) is 6.08 Å². The molecule has 1 aliphatic heterocycles. The average molecular weight is 413 g/mol. The van der Waals surface area contributed by atoms with Gasteiger partial charge in [-0.15, -0.1) is 0 Å². The normalized spacial score (nSPS) is 28.3. The molecule has 0 N–H and O–H groups in total. The second kappa shape index (κ2) is 12.9. The van der Waals surface area contributed by atoms with Crippen molar-refractivity contribution in [2.24, 2.45) is 0 Å². The van der Waals surface area contributed by atoms with Crippen LogP contribution in [0.25, 0.3) is 0 Å². The Morgan fingerprint density at radius 3 is 2.47 bits per heavy atom. The molecule has 0 aromatic heterocycles. The summed E-state index contributed by atoms with van der Waals surface area (Å²) in [5, 5.41) is 0. The van der Waals surface area contributed by atoms with Crippen molar-refractivity contribution in [3.05, 3.63) is 35.9 Å². The molecule has 80 valence electrons. The van der Waals surface area contributed by atoms with Gasteiger partial charge in [-0.2, -0.15) is 6.08 Å². The molecule has 0 bridgehead atoms. The Hall–Kier alpha value is 2.43. The molecule has 8 heteroatoms. The number of hydrogen-bond donors (Lipinski definition) is 0. The summed E-state index contributed by atoms with van der Waals surface area (Å²) in [6, 6.07) is 0. The summed E-state index contributed by atoms with van der Waals surface area (Å²) in [6.07, 6.45) is 9.82. The maximum atomic E-state index is 3.37. The van der Waals surface area contributed by atoms with Crippen LogP contribution < -0.4 is 37.2 Å². The van der Waals surface area contributed by atoms with Gasteiger partial charge in [0.1, 0.15) is 0 Å². The zero-order valence-corrected chi connectivity index (χ0v) is 15.8. The minimum atomic E-state index is 0. The van der Waals surface area contributed by atoms with E-state index in [0.29, 0.717) is 5.66 Å². The molecular weight excluding hydrogens is 406 g/mol. The molecule has 3 atom stereocenters. The van der Waals surface area contributed by atoms with E-state index in [4.69, 9.17) is 0 Å². The van der Waals surface area contributed by atoms with E-state index < -0.39 is 0 Å². The van der Waals surface area contributed by atoms with Crippen LogP contribution in [0, 0.1) is 6.08 Å². The van der Waals surface area contributed by atoms with E-state index in [9.17, 15) is 0 Å². The smallest absolute Gasteiger partial charge is 1.00 e. The van der Waals surface area contributed by atoms with Gasteiger partial charge in [-0.1, -0.05) is 19.1 Å². The Labute approximate surface area is 135 Å². The monoisotopic (exact) mass is 410 g/mol. The van der Waals surface area contributed by atoms with Gasteiger partial charge in [-0.05, 0) is 29.2 Å². The molecule has 2 rings (SSSR count). The number of halogens is 3. The number of hydrogen-bond acceptors (Lipinski definition) is 0. The molecule has 0 amide bonds. The summed E-state index contributed by atoms with van der Waals surface area (Å²) in [5.41, 5.74) is 0.641. The molecule has 1 aliphatic carbocycles. The van der Waals surface area contributed by atoms with Crippen molar-refractivity contribution in [3.8, 4) is 0 Å². The Morgan fingerprint density at radius 2 is 2.00 bits per heavy atom. The quantitative estimate of drug-likeness (QED) is 0.301. The van der Waals surface area contributed by atoms with Gasteiger partial charge < -0.3 is 37.2 Å². The standard InChI is InChI=1S/C7H7P4.3ClH.Zr/c1-2-4-7(3-1)11-6-5-8-9-10-11;;;;/h1-3,5-7,10H;3*1H;/q-1;;;;+4/p-3. The van der Waals surface area contributed by atoms with Crippen LogP contribution in [0.1, 0.15) is 0 Å². The fourth-order valence-electron chi connectivity index (χ4n) is 0.944. The van der Waals surface area contributed by atoms with Crippen molar-refractivity contribution >= 4 is 31.0 Å². The van der Waals surface area contributed by atoms with Crippen molar-refractivity contribution < 1.29 is 63.4 Å². The first-order valence-corrected chi connectivity index (χ1v) is 10.1. The topological polar surface area (TPSA) is 0 Å². The third-order valence-corrected chi connectivity index (χ3v) is 13.1. The Kier molecular flexibility index (Phi) is 19.4. The van der Waals surface area contributed by atoms with E-state index in [2.05, 4.69) is 35.9 Å². The SMILES string of the molecule is [C-]1=CC=CC1P1C=CP=PP1.[Cl-].[Cl-].[Cl-].[Zr+4]. The molecule has 1 heterocycles. The first kappa shape index (κ1) is 22.6. The van der Waals surface area contributed by atoms with Crippen LogP contribution in [0.15, 0.2) is 29.9 Å². The number of rotatable bonds is 1. The van der Waals surface area contributed by atoms with Crippen LogP contribution in [0.4, 0.5) is 0 Å². The van der Waals surface area contributed by atoms with E-state index in [1.807, 2.05) is 0 Å². The molecule has 2 aliphatic rings. The van der Waals surface area contributed by atoms with E-state index in [1.54, 1.807) is 7.56 Å². The first-order valence-electron chi connectivity index (χ1n) is 3.33. The molecule has 0 saturated heterocycles. The Bertz CT molecular complexity index is 255. The van der Waals surface area contributed by atoms with Crippen LogP contribution in [0.2, 0.25) is 0 Å². The summed E-state index contributed by atoms with van der Waals surface area (Å²) in [5.74, 6) is 4.71. The van der Waals surface area contributed by atoms with Gasteiger partial charge in [-0.25, -0.2) is 12.2 Å². The van der Waals surface area contributed by atoms with Crippen LogP contribution in [-0.4, -0.2) is 5.66 Å². The van der Waals surface area contributed by atoms with Crippen molar-refractivity contribution in [2.45, 2.75) is 5.66 Å². The van der Waals surface area contributed by atoms with Crippen molar-refractivity contribution in [1.82, 2.24) is 0 Å². The van der Waals surface area contributed by atoms with Gasteiger partial charge in [0.05, 0.1) is 0 Å². The van der Waals surface area contributed by atoms with Gasteiger partial charge >= 0.3 is 26.2 Å². The zero-order chi connectivity index (χ0) is 7.52. The van der Waals surface area contributed by atoms with Crippen LogP contribution in [0.5, 0.6) is 0 Å². The Morgan fingerprint density at radius 1 is 1.27 bits per heavy atom. The van der Waals surface area contributed by atoms with Crippen molar-refractivity contribution in [1.29, 1.82) is 0 Å². The fourth-order valence-corrected chi connectivity index (χ4v) is 13.6. The molecular formula is C7H7Cl3P4Zr. The molecule has 3 unspecified atom stereocenters. The maximum absolute atomic E-state index is 3.37. The van der Waals surface area contributed by atoms with Gasteiger partial charge in [0.25, 0.3) is 0 Å². The molecule has 0 fully saturated rings. The second-order valence-corrected chi connectivity index (χ2v) is 11.8. The molecule has 0 radical (unpaired) electrons. The van der Waals surface area contributed by atoms with E-state index >= 15 is 0 Å². The van der Waals surface area contributed by atoms with Crippen molar-refractivity contribution in [2.75, 3.05) is 0 Å². The van der Waals surface area contributed by atoms with E-state index in [-0.39, 0.29) is 71.0 Å². The Balaban J connectivity index is -0.000000360. The third kappa shape index (κ3) is 7.45. The second-order valence-electron chi connectivity index (χ2n) is 2.18. The minimum Gasteiger partial charge on any atom is -1.00 e. The molecule has 0 saturated carbocycles. The first-order chi connectivity index (χ1) is 5.47. The molecule has 0 aromatic rings. The summed E-state index contributed by atoms with van der Waals surface area (Å²) >= 11 is 0. The fraction of sp³-hybridized carbons (Fsp3) is 0.143. The van der Waals surface area contributed by atoms with Crippen LogP contribution >= 0.6 is 31.0 Å². The molecule has 0 nitrogen and oxygen atoms in total. The minimum absolute atomic E-state index is 0. The van der Waals surface area contributed by atoms with Gasteiger partial charge in [0, 0.05) is 0 Å². The van der Waals surface area contributed by atoms with E-state index in [1.165, 1.54) is 7.87 Å². The average Bonchev–Trinajstić information content (AvgIpc) is 2.58. The summed E-state index contributed by atoms with van der Waals surface area (Å²) < 4.78 is 0. The summed E-state index contributed by atoms with van der Waals surface area (Å²) in [7, 11) is 4.35. The maximum Gasteiger partial charge on any atom is 4.00 e. The van der Waals surface area contributed by atoms with Gasteiger partial charge in [0.15, 0.2) is 0 Å². The predicted molar refractivity (Wildman–Crippen MR) is 59.0 cm³/mol.